The van der Waals surface area contributed by atoms with E-state index in [-0.39, 0.29) is 18.3 Å². The van der Waals surface area contributed by atoms with Crippen LogP contribution < -0.4 is 30.0 Å². The standard InChI is InChI=1S/C23H29N5O5S.ClH/c1-30-17-7-6-13(10-16(17)25-23(29)15(24)8-9-34-5)20-21(27-28-26-20)14-11-18(31-2)22(33-4)19(12-14)32-3;/h6-7,10-12,15H,8-9,24H2,1-5H3,(H,25,29)(H,26,27,28);1H. The van der Waals surface area contributed by atoms with E-state index in [1.54, 1.807) is 57.4 Å². The molecule has 0 aliphatic carbocycles. The van der Waals surface area contributed by atoms with Gasteiger partial charge >= 0.3 is 0 Å². The van der Waals surface area contributed by atoms with Crippen LogP contribution in [0.4, 0.5) is 5.69 Å². The Morgan fingerprint density at radius 2 is 1.69 bits per heavy atom. The van der Waals surface area contributed by atoms with Crippen LogP contribution >= 0.6 is 24.2 Å². The SMILES string of the molecule is COc1ccc(-c2[nH]nnc2-c2cc(OC)c(OC)c(OC)c2)cc1NC(=O)C(N)CCSC.Cl. The third kappa shape index (κ3) is 6.30. The highest BCUT2D eigenvalue weighted by Gasteiger charge is 2.21. The molecule has 3 rings (SSSR count). The quantitative estimate of drug-likeness (QED) is 0.344. The number of rotatable bonds is 11. The topological polar surface area (TPSA) is 134 Å². The van der Waals surface area contributed by atoms with Gasteiger partial charge in [-0.2, -0.15) is 11.8 Å². The third-order valence-electron chi connectivity index (χ3n) is 5.20. The molecule has 35 heavy (non-hydrogen) atoms. The number of thioether (sulfide) groups is 1. The maximum Gasteiger partial charge on any atom is 0.241 e. The predicted octanol–water partition coefficient (Wildman–Crippen LogP) is 3.61. The summed E-state index contributed by atoms with van der Waals surface area (Å²) < 4.78 is 21.8. The molecule has 1 unspecified atom stereocenters. The number of hydrogen-bond acceptors (Lipinski definition) is 9. The van der Waals surface area contributed by atoms with Crippen molar-refractivity contribution < 1.29 is 23.7 Å². The summed E-state index contributed by atoms with van der Waals surface area (Å²) in [5, 5.41) is 14.1. The zero-order valence-electron chi connectivity index (χ0n) is 20.2. The second kappa shape index (κ2) is 13.1. The lowest BCUT2D eigenvalue weighted by molar-refractivity contribution is -0.117. The number of halogens is 1. The molecule has 1 atom stereocenters. The Hall–Kier alpha value is -3.15. The van der Waals surface area contributed by atoms with Crippen molar-refractivity contribution in [1.82, 2.24) is 15.4 Å². The minimum Gasteiger partial charge on any atom is -0.495 e. The number of nitrogens with two attached hydrogens (primary N) is 1. The van der Waals surface area contributed by atoms with Crippen LogP contribution in [0.5, 0.6) is 23.0 Å². The number of nitrogens with one attached hydrogen (secondary N) is 2. The molecule has 0 radical (unpaired) electrons. The van der Waals surface area contributed by atoms with Crippen molar-refractivity contribution in [2.45, 2.75) is 12.5 Å². The van der Waals surface area contributed by atoms with Crippen LogP contribution in [0, 0.1) is 0 Å². The van der Waals surface area contributed by atoms with Crippen molar-refractivity contribution in [3.8, 4) is 45.5 Å². The van der Waals surface area contributed by atoms with Gasteiger partial charge in [-0.25, -0.2) is 0 Å². The fourth-order valence-electron chi connectivity index (χ4n) is 3.41. The van der Waals surface area contributed by atoms with Gasteiger partial charge in [0.15, 0.2) is 11.5 Å². The number of aromatic amines is 1. The summed E-state index contributed by atoms with van der Waals surface area (Å²) in [7, 11) is 6.18. The predicted molar refractivity (Wildman–Crippen MR) is 140 cm³/mol. The Labute approximate surface area is 214 Å². The van der Waals surface area contributed by atoms with Gasteiger partial charge in [0.25, 0.3) is 0 Å². The lowest BCUT2D eigenvalue weighted by atomic mass is 10.0. The Balaban J connectivity index is 0.00000432. The molecule has 0 aliphatic heterocycles. The van der Waals surface area contributed by atoms with Crippen LogP contribution in [-0.2, 0) is 4.79 Å². The fourth-order valence-corrected chi connectivity index (χ4v) is 3.90. The highest BCUT2D eigenvalue weighted by Crippen LogP contribution is 2.42. The lowest BCUT2D eigenvalue weighted by Crippen LogP contribution is -2.36. The normalized spacial score (nSPS) is 11.3. The van der Waals surface area contributed by atoms with Crippen LogP contribution in [0.15, 0.2) is 30.3 Å². The maximum absolute atomic E-state index is 12.6. The van der Waals surface area contributed by atoms with Crippen molar-refractivity contribution >= 4 is 35.8 Å². The minimum absolute atomic E-state index is 0. The second-order valence-corrected chi connectivity index (χ2v) is 8.23. The third-order valence-corrected chi connectivity index (χ3v) is 5.85. The lowest BCUT2D eigenvalue weighted by Gasteiger charge is -2.16. The monoisotopic (exact) mass is 523 g/mol. The summed E-state index contributed by atoms with van der Waals surface area (Å²) in [6.07, 6.45) is 2.55. The van der Waals surface area contributed by atoms with Gasteiger partial charge in [0.2, 0.25) is 11.7 Å². The zero-order chi connectivity index (χ0) is 24.7. The molecule has 0 fully saturated rings. The van der Waals surface area contributed by atoms with E-state index >= 15 is 0 Å². The van der Waals surface area contributed by atoms with Gasteiger partial charge in [-0.05, 0) is 48.8 Å². The summed E-state index contributed by atoms with van der Waals surface area (Å²) in [6.45, 7) is 0. The van der Waals surface area contributed by atoms with Crippen molar-refractivity contribution in [1.29, 1.82) is 0 Å². The van der Waals surface area contributed by atoms with Gasteiger partial charge < -0.3 is 30.0 Å². The number of methoxy groups -OCH3 is 4. The van der Waals surface area contributed by atoms with Crippen LogP contribution in [-0.4, -0.2) is 67.8 Å². The molecule has 10 nitrogen and oxygen atoms in total. The molecule has 0 saturated heterocycles. The molecule has 2 aromatic carbocycles. The van der Waals surface area contributed by atoms with Gasteiger partial charge in [0, 0.05) is 11.1 Å². The van der Waals surface area contributed by atoms with E-state index in [1.165, 1.54) is 7.11 Å². The number of anilines is 1. The number of carbonyl (C=O) groups excluding carboxylic acids is 1. The van der Waals surface area contributed by atoms with Crippen molar-refractivity contribution in [2.75, 3.05) is 45.8 Å². The number of hydrogen-bond donors (Lipinski definition) is 3. The number of carbonyl (C=O) groups is 1. The molecule has 1 heterocycles. The first-order valence-electron chi connectivity index (χ1n) is 10.4. The molecule has 3 aromatic rings. The Kier molecular flexibility index (Phi) is 10.5. The minimum atomic E-state index is -0.621. The Morgan fingerprint density at radius 3 is 2.26 bits per heavy atom. The summed E-state index contributed by atoms with van der Waals surface area (Å²) in [5.74, 6) is 2.49. The van der Waals surface area contributed by atoms with E-state index in [0.717, 1.165) is 11.3 Å². The van der Waals surface area contributed by atoms with E-state index in [4.69, 9.17) is 24.7 Å². The zero-order valence-corrected chi connectivity index (χ0v) is 21.8. The highest BCUT2D eigenvalue weighted by atomic mass is 35.5. The Bertz CT molecular complexity index is 1120. The molecule has 0 aliphatic rings. The molecule has 4 N–H and O–H groups in total. The van der Waals surface area contributed by atoms with Gasteiger partial charge in [0.05, 0.1) is 45.9 Å². The van der Waals surface area contributed by atoms with Crippen molar-refractivity contribution in [3.05, 3.63) is 30.3 Å². The average molecular weight is 524 g/mol. The van der Waals surface area contributed by atoms with Crippen LogP contribution in [0.2, 0.25) is 0 Å². The summed E-state index contributed by atoms with van der Waals surface area (Å²) in [6, 6.07) is 8.36. The number of benzene rings is 2. The summed E-state index contributed by atoms with van der Waals surface area (Å²) in [5.41, 5.74) is 9.17. The van der Waals surface area contributed by atoms with E-state index in [0.29, 0.717) is 52.1 Å². The average Bonchev–Trinajstić information content (AvgIpc) is 3.36. The van der Waals surface area contributed by atoms with Crippen LogP contribution in [0.1, 0.15) is 6.42 Å². The molecular weight excluding hydrogens is 494 g/mol. The van der Waals surface area contributed by atoms with E-state index in [9.17, 15) is 4.79 Å². The first-order chi connectivity index (χ1) is 16.5. The van der Waals surface area contributed by atoms with Crippen molar-refractivity contribution in [3.63, 3.8) is 0 Å². The summed E-state index contributed by atoms with van der Waals surface area (Å²) in [4.78, 5) is 12.6. The molecule has 12 heteroatoms. The highest BCUT2D eigenvalue weighted by molar-refractivity contribution is 7.98. The number of H-pyrrole nitrogens is 1. The largest absolute Gasteiger partial charge is 0.495 e. The molecule has 0 spiro atoms. The summed E-state index contributed by atoms with van der Waals surface area (Å²) >= 11 is 1.64. The number of aromatic nitrogens is 3. The maximum atomic E-state index is 12.6. The van der Waals surface area contributed by atoms with E-state index in [1.807, 2.05) is 12.3 Å². The van der Waals surface area contributed by atoms with Gasteiger partial charge in [-0.15, -0.1) is 17.5 Å². The molecular formula is C23H30ClN5O5S. The van der Waals surface area contributed by atoms with Crippen molar-refractivity contribution in [2.24, 2.45) is 5.73 Å². The van der Waals surface area contributed by atoms with Crippen LogP contribution in [0.25, 0.3) is 22.5 Å². The molecule has 190 valence electrons. The number of ether oxygens (including phenoxy) is 4. The fraction of sp³-hybridized carbons (Fsp3) is 0.348. The van der Waals surface area contributed by atoms with Crippen LogP contribution in [0.3, 0.4) is 0 Å². The smallest absolute Gasteiger partial charge is 0.241 e. The molecule has 0 saturated carbocycles. The Morgan fingerprint density at radius 1 is 1.03 bits per heavy atom. The van der Waals surface area contributed by atoms with Gasteiger partial charge in [-0.3, -0.25) is 9.89 Å². The molecule has 1 amide bonds. The molecule has 0 bridgehead atoms. The van der Waals surface area contributed by atoms with E-state index < -0.39 is 6.04 Å². The van der Waals surface area contributed by atoms with Gasteiger partial charge in [-0.1, -0.05) is 5.21 Å². The first-order valence-corrected chi connectivity index (χ1v) is 11.8. The number of amides is 1. The number of nitrogens with zero attached hydrogens (tertiary/aromatic N) is 2. The molecule has 1 aromatic heterocycles. The van der Waals surface area contributed by atoms with E-state index in [2.05, 4.69) is 20.7 Å². The first kappa shape index (κ1) is 28.1. The van der Waals surface area contributed by atoms with Gasteiger partial charge in [0.1, 0.15) is 11.4 Å². The second-order valence-electron chi connectivity index (χ2n) is 7.24.